The van der Waals surface area contributed by atoms with E-state index in [2.05, 4.69) is 0 Å². The molecule has 0 heterocycles. The molecule has 0 aromatic rings. The van der Waals surface area contributed by atoms with E-state index in [1.54, 1.807) is 0 Å². The van der Waals surface area contributed by atoms with Crippen molar-refractivity contribution in [3.05, 3.63) is 0 Å². The zero-order valence-corrected chi connectivity index (χ0v) is 10.1. The Bertz CT molecular complexity index is 302. The van der Waals surface area contributed by atoms with Crippen LogP contribution in [0.4, 0.5) is 0 Å². The van der Waals surface area contributed by atoms with Crippen molar-refractivity contribution < 1.29 is 0 Å². The first kappa shape index (κ1) is 17.0. The second-order valence-electron chi connectivity index (χ2n) is 2.98. The Morgan fingerprint density at radius 2 is 0.812 bits per heavy atom. The summed E-state index contributed by atoms with van der Waals surface area (Å²) in [6.07, 6.45) is 0. The molecular formula is CH5B15. The zero-order chi connectivity index (χ0) is 11.9. The SMILES string of the molecule is BB=BB=BB=BB=BB=BB=BB=BC. The van der Waals surface area contributed by atoms with Crippen LogP contribution >= 0.6 is 0 Å². The van der Waals surface area contributed by atoms with Crippen molar-refractivity contribution in [3.8, 4) is 0 Å². The molecule has 0 aliphatic rings. The molecule has 0 radical (unpaired) electrons. The topological polar surface area (TPSA) is 0 Å². The molecule has 0 N–H and O–H groups in total. The van der Waals surface area contributed by atoms with E-state index in [0.29, 0.717) is 0 Å². The van der Waals surface area contributed by atoms with E-state index in [0.717, 1.165) is 0 Å². The van der Waals surface area contributed by atoms with Crippen LogP contribution in [0.1, 0.15) is 0 Å². The summed E-state index contributed by atoms with van der Waals surface area (Å²) in [5.74, 6) is 0. The zero-order valence-electron chi connectivity index (χ0n) is 10.1. The second kappa shape index (κ2) is 16.0. The Labute approximate surface area is 108 Å². The van der Waals surface area contributed by atoms with Gasteiger partial charge in [0.2, 0.25) is 0 Å². The molecule has 0 aliphatic heterocycles. The first-order valence-corrected chi connectivity index (χ1v) is 5.49. The van der Waals surface area contributed by atoms with Crippen LogP contribution in [0.15, 0.2) is 0 Å². The van der Waals surface area contributed by atoms with Gasteiger partial charge in [0, 0.05) is 0 Å². The summed E-state index contributed by atoms with van der Waals surface area (Å²) in [4.78, 5) is 0. The van der Waals surface area contributed by atoms with Crippen molar-refractivity contribution in [2.24, 2.45) is 0 Å². The third kappa shape index (κ3) is 15.0. The Hall–Kier alpha value is 0.974. The average molecular weight is 179 g/mol. The molecule has 15 heteroatoms. The minimum atomic E-state index is 2.00. The molecule has 0 unspecified atom stereocenters. The van der Waals surface area contributed by atoms with Crippen LogP contribution in [0.25, 0.3) is 0 Å². The molecule has 0 spiro atoms. The maximum atomic E-state index is 2.00. The van der Waals surface area contributed by atoms with Gasteiger partial charge in [-0.2, -0.15) is 0 Å². The van der Waals surface area contributed by atoms with Gasteiger partial charge in [0.1, 0.15) is 0 Å². The summed E-state index contributed by atoms with van der Waals surface area (Å²) in [6, 6.07) is 0. The Balaban J connectivity index is 3.76. The molecule has 0 saturated heterocycles. The van der Waals surface area contributed by atoms with Crippen LogP contribution in [0.2, 0.25) is 6.82 Å². The van der Waals surface area contributed by atoms with Crippen LogP contribution in [-0.2, 0) is 0 Å². The molecule has 0 amide bonds. The first-order valence-electron chi connectivity index (χ1n) is 5.49. The Kier molecular flexibility index (Phi) is 16.9. The quantitative estimate of drug-likeness (QED) is 0.357. The molecule has 0 aliphatic carbocycles. The van der Waals surface area contributed by atoms with Gasteiger partial charge >= 0.3 is 108 Å². The van der Waals surface area contributed by atoms with Crippen LogP contribution in [0, 0.1) is 0 Å². The van der Waals surface area contributed by atoms with Gasteiger partial charge in [-0.15, -0.1) is 0 Å². The Morgan fingerprint density at radius 1 is 0.500 bits per heavy atom. The molecule has 0 saturated carbocycles. The second-order valence-corrected chi connectivity index (χ2v) is 2.98. The van der Waals surface area contributed by atoms with Crippen molar-refractivity contribution in [3.63, 3.8) is 0 Å². The van der Waals surface area contributed by atoms with Gasteiger partial charge in [0.15, 0.2) is 0 Å². The van der Waals surface area contributed by atoms with Gasteiger partial charge in [-0.1, -0.05) is 0 Å². The van der Waals surface area contributed by atoms with E-state index < -0.39 is 0 Å². The van der Waals surface area contributed by atoms with Crippen LogP contribution < -0.4 is 0 Å². The predicted octanol–water partition coefficient (Wildman–Crippen LogP) is -5.66. The summed E-state index contributed by atoms with van der Waals surface area (Å²) in [7, 11) is 2.00. The molecule has 0 atom stereocenters. The van der Waals surface area contributed by atoms with Gasteiger partial charge < -0.3 is 0 Å². The van der Waals surface area contributed by atoms with E-state index in [1.165, 1.54) is 0 Å². The minimum absolute atomic E-state index is 2.00. The fourth-order valence-corrected chi connectivity index (χ4v) is 0.864. The first-order chi connectivity index (χ1) is 7.91. The average Bonchev–Trinajstić information content (AvgIpc) is 2.31. The van der Waals surface area contributed by atoms with Crippen LogP contribution in [-0.4, -0.2) is 102 Å². The summed E-state index contributed by atoms with van der Waals surface area (Å²) in [6.45, 7) is 30.0. The summed E-state index contributed by atoms with van der Waals surface area (Å²) >= 11 is 0. The molecule has 54 valence electrons. The van der Waals surface area contributed by atoms with Crippen LogP contribution in [0.3, 0.4) is 0 Å². The maximum absolute atomic E-state index is 2.00. The fourth-order valence-electron chi connectivity index (χ4n) is 0.864. The molecule has 0 fully saturated rings. The molecular weight excluding hydrogens is 174 g/mol. The normalized spacial score (nSPS) is 7.31. The van der Waals surface area contributed by atoms with Crippen LogP contribution in [0.5, 0.6) is 0 Å². The van der Waals surface area contributed by atoms with Crippen molar-refractivity contribution in [1.82, 2.24) is 0 Å². The number of rotatable bonds is 6. The number of hydrogen-bond acceptors (Lipinski definition) is 0. The Morgan fingerprint density at radius 3 is 1.12 bits per heavy atom. The summed E-state index contributed by atoms with van der Waals surface area (Å²) < 4.78 is 0. The number of hydrogen-bond donors (Lipinski definition) is 0. The van der Waals surface area contributed by atoms with Crippen molar-refractivity contribution >= 4 is 102 Å². The molecule has 0 nitrogen and oxygen atoms in total. The van der Waals surface area contributed by atoms with Gasteiger partial charge in [0.25, 0.3) is 0 Å². The molecule has 0 bridgehead atoms. The molecule has 0 aromatic heterocycles. The third-order valence-corrected chi connectivity index (χ3v) is 1.61. The monoisotopic (exact) mass is 182 g/mol. The van der Waals surface area contributed by atoms with Gasteiger partial charge in [0.05, 0.1) is 0 Å². The van der Waals surface area contributed by atoms with E-state index >= 15 is 0 Å². The third-order valence-electron chi connectivity index (χ3n) is 1.61. The van der Waals surface area contributed by atoms with Gasteiger partial charge in [-0.3, -0.25) is 0 Å². The predicted molar refractivity (Wildman–Crippen MR) is 95.0 cm³/mol. The van der Waals surface area contributed by atoms with E-state index in [-0.39, 0.29) is 0 Å². The standard InChI is InChI=1S/CH5B15/c1-3-5-7-9-11-13-15-16-14-12-10-8-6-4-2/h2H2,1H3. The van der Waals surface area contributed by atoms with Gasteiger partial charge in [-0.05, 0) is 0 Å². The fraction of sp³-hybridized carbons (Fsp3) is 1.00. The summed E-state index contributed by atoms with van der Waals surface area (Å²) in [5.41, 5.74) is 0. The van der Waals surface area contributed by atoms with Crippen molar-refractivity contribution in [1.29, 1.82) is 0 Å². The van der Waals surface area contributed by atoms with Gasteiger partial charge in [-0.25, -0.2) is 0 Å². The van der Waals surface area contributed by atoms with Crippen molar-refractivity contribution in [2.45, 2.75) is 6.82 Å². The van der Waals surface area contributed by atoms with Crippen molar-refractivity contribution in [2.75, 3.05) is 0 Å². The van der Waals surface area contributed by atoms with E-state index in [1.807, 2.05) is 108 Å². The van der Waals surface area contributed by atoms with E-state index in [4.69, 9.17) is 0 Å². The molecule has 0 aromatic carbocycles. The van der Waals surface area contributed by atoms with E-state index in [9.17, 15) is 0 Å². The molecule has 0 rings (SSSR count). The summed E-state index contributed by atoms with van der Waals surface area (Å²) in [5, 5.41) is 0. The molecule has 16 heavy (non-hydrogen) atoms.